The average molecular weight is 188 g/mol. The fraction of sp³-hybridized carbons (Fsp3) is 0.182. The number of aromatic nitrogens is 2. The highest BCUT2D eigenvalue weighted by atomic mass is 16.1. The van der Waals surface area contributed by atoms with E-state index in [1.807, 2.05) is 32.0 Å². The summed E-state index contributed by atoms with van der Waals surface area (Å²) >= 11 is 0. The van der Waals surface area contributed by atoms with Crippen molar-refractivity contribution in [3.05, 3.63) is 52.2 Å². The number of aryl methyl sites for hydroxylation is 2. The van der Waals surface area contributed by atoms with Crippen LogP contribution in [0.2, 0.25) is 0 Å². The highest BCUT2D eigenvalue weighted by molar-refractivity contribution is 5.42. The lowest BCUT2D eigenvalue weighted by Crippen LogP contribution is -2.15. The molecule has 2 rings (SSSR count). The fourth-order valence-corrected chi connectivity index (χ4v) is 1.49. The zero-order valence-electron chi connectivity index (χ0n) is 8.24. The minimum atomic E-state index is -0.0984. The summed E-state index contributed by atoms with van der Waals surface area (Å²) in [6.45, 7) is 4.01. The van der Waals surface area contributed by atoms with Crippen LogP contribution in [0, 0.1) is 13.8 Å². The summed E-state index contributed by atoms with van der Waals surface area (Å²) in [6, 6.07) is 6.06. The van der Waals surface area contributed by atoms with Gasteiger partial charge in [-0.2, -0.15) is 0 Å². The monoisotopic (exact) mass is 188 g/mol. The summed E-state index contributed by atoms with van der Waals surface area (Å²) in [5, 5.41) is 0. The number of benzene rings is 1. The fourth-order valence-electron chi connectivity index (χ4n) is 1.49. The van der Waals surface area contributed by atoms with E-state index in [0.29, 0.717) is 0 Å². The van der Waals surface area contributed by atoms with Crippen LogP contribution in [0.5, 0.6) is 0 Å². The van der Waals surface area contributed by atoms with Crippen LogP contribution in [0.25, 0.3) is 5.69 Å². The quantitative estimate of drug-likeness (QED) is 0.727. The number of H-pyrrole nitrogens is 1. The van der Waals surface area contributed by atoms with Crippen molar-refractivity contribution in [2.75, 3.05) is 0 Å². The van der Waals surface area contributed by atoms with Crippen LogP contribution in [-0.4, -0.2) is 9.55 Å². The van der Waals surface area contributed by atoms with Crippen molar-refractivity contribution in [3.63, 3.8) is 0 Å². The zero-order chi connectivity index (χ0) is 10.1. The maximum absolute atomic E-state index is 11.4. The molecule has 0 spiro atoms. The van der Waals surface area contributed by atoms with Crippen LogP contribution >= 0.6 is 0 Å². The summed E-state index contributed by atoms with van der Waals surface area (Å²) in [6.07, 6.45) is 3.38. The second-order valence-electron chi connectivity index (χ2n) is 3.43. The van der Waals surface area contributed by atoms with Crippen LogP contribution in [0.3, 0.4) is 0 Å². The van der Waals surface area contributed by atoms with E-state index in [-0.39, 0.29) is 5.69 Å². The molecule has 0 bridgehead atoms. The highest BCUT2D eigenvalue weighted by Gasteiger charge is 2.03. The van der Waals surface area contributed by atoms with Crippen LogP contribution in [0.1, 0.15) is 11.1 Å². The number of hydrogen-bond donors (Lipinski definition) is 1. The van der Waals surface area contributed by atoms with Crippen molar-refractivity contribution < 1.29 is 0 Å². The third-order valence-electron chi connectivity index (χ3n) is 2.27. The van der Waals surface area contributed by atoms with Crippen LogP contribution in [0.4, 0.5) is 0 Å². The lowest BCUT2D eigenvalue weighted by molar-refractivity contribution is 0.973. The molecular formula is C11H12N2O. The smallest absolute Gasteiger partial charge is 0.312 e. The molecule has 0 aliphatic carbocycles. The molecule has 0 aliphatic rings. The van der Waals surface area contributed by atoms with Crippen molar-refractivity contribution in [2.45, 2.75) is 13.8 Å². The summed E-state index contributed by atoms with van der Waals surface area (Å²) in [7, 11) is 0. The van der Waals surface area contributed by atoms with Gasteiger partial charge in [0, 0.05) is 12.4 Å². The lowest BCUT2D eigenvalue weighted by Gasteiger charge is -2.06. The van der Waals surface area contributed by atoms with Crippen molar-refractivity contribution >= 4 is 0 Å². The van der Waals surface area contributed by atoms with Crippen molar-refractivity contribution in [1.82, 2.24) is 9.55 Å². The predicted octanol–water partition coefficient (Wildman–Crippen LogP) is 1.78. The molecule has 0 saturated heterocycles. The maximum atomic E-state index is 11.4. The number of hydrogen-bond acceptors (Lipinski definition) is 1. The van der Waals surface area contributed by atoms with Gasteiger partial charge < -0.3 is 4.98 Å². The largest absolute Gasteiger partial charge is 0.330 e. The van der Waals surface area contributed by atoms with Gasteiger partial charge in [0.05, 0.1) is 5.69 Å². The van der Waals surface area contributed by atoms with E-state index >= 15 is 0 Å². The Hall–Kier alpha value is -1.77. The molecule has 14 heavy (non-hydrogen) atoms. The van der Waals surface area contributed by atoms with E-state index < -0.39 is 0 Å². The standard InChI is InChI=1S/C11H12N2O/c1-8-3-4-9(2)10(7-8)13-6-5-12-11(13)14/h3-7H,1-2H3,(H,12,14). The summed E-state index contributed by atoms with van der Waals surface area (Å²) in [5.41, 5.74) is 3.09. The molecule has 0 atom stereocenters. The minimum Gasteiger partial charge on any atom is -0.312 e. The van der Waals surface area contributed by atoms with Crippen molar-refractivity contribution in [1.29, 1.82) is 0 Å². The van der Waals surface area contributed by atoms with Gasteiger partial charge in [0.25, 0.3) is 0 Å². The molecule has 1 aromatic heterocycles. The third-order valence-corrected chi connectivity index (χ3v) is 2.27. The number of aromatic amines is 1. The van der Waals surface area contributed by atoms with E-state index in [2.05, 4.69) is 4.98 Å². The third kappa shape index (κ3) is 1.37. The normalized spacial score (nSPS) is 10.4. The van der Waals surface area contributed by atoms with Crippen LogP contribution < -0.4 is 5.69 Å². The first kappa shape index (κ1) is 8.81. The van der Waals surface area contributed by atoms with E-state index in [9.17, 15) is 4.79 Å². The molecule has 0 radical (unpaired) electrons. The molecule has 0 fully saturated rings. The molecule has 1 aromatic carbocycles. The Bertz CT molecular complexity index is 508. The second-order valence-corrected chi connectivity index (χ2v) is 3.43. The molecule has 3 nitrogen and oxygen atoms in total. The molecule has 0 saturated carbocycles. The Morgan fingerprint density at radius 2 is 2.07 bits per heavy atom. The molecule has 1 N–H and O–H groups in total. The zero-order valence-corrected chi connectivity index (χ0v) is 8.24. The number of imidazole rings is 1. The van der Waals surface area contributed by atoms with Crippen molar-refractivity contribution in [3.8, 4) is 5.69 Å². The average Bonchev–Trinajstić information content (AvgIpc) is 2.56. The van der Waals surface area contributed by atoms with Crippen LogP contribution in [-0.2, 0) is 0 Å². The van der Waals surface area contributed by atoms with Gasteiger partial charge in [-0.05, 0) is 31.0 Å². The van der Waals surface area contributed by atoms with Crippen LogP contribution in [0.15, 0.2) is 35.4 Å². The lowest BCUT2D eigenvalue weighted by atomic mass is 10.1. The molecule has 72 valence electrons. The Morgan fingerprint density at radius 1 is 1.29 bits per heavy atom. The Labute approximate surface area is 82.0 Å². The molecule has 0 aliphatic heterocycles. The minimum absolute atomic E-state index is 0.0984. The predicted molar refractivity (Wildman–Crippen MR) is 55.9 cm³/mol. The summed E-state index contributed by atoms with van der Waals surface area (Å²) in [4.78, 5) is 14.0. The van der Waals surface area contributed by atoms with E-state index in [4.69, 9.17) is 0 Å². The van der Waals surface area contributed by atoms with Gasteiger partial charge in [0.1, 0.15) is 0 Å². The highest BCUT2D eigenvalue weighted by Crippen LogP contribution is 2.13. The maximum Gasteiger partial charge on any atom is 0.330 e. The number of nitrogens with zero attached hydrogens (tertiary/aromatic N) is 1. The van der Waals surface area contributed by atoms with Gasteiger partial charge in [-0.3, -0.25) is 4.57 Å². The van der Waals surface area contributed by atoms with Gasteiger partial charge in [-0.25, -0.2) is 4.79 Å². The summed E-state index contributed by atoms with van der Waals surface area (Å²) < 4.78 is 1.61. The SMILES string of the molecule is Cc1ccc(C)c(-n2cc[nH]c2=O)c1. The Morgan fingerprint density at radius 3 is 2.71 bits per heavy atom. The Balaban J connectivity index is 2.68. The Kier molecular flexibility index (Phi) is 2.00. The van der Waals surface area contributed by atoms with Gasteiger partial charge in [0.15, 0.2) is 0 Å². The first-order valence-corrected chi connectivity index (χ1v) is 4.52. The molecule has 1 heterocycles. The summed E-state index contributed by atoms with van der Waals surface area (Å²) in [5.74, 6) is 0. The molecule has 0 amide bonds. The van der Waals surface area contributed by atoms with Gasteiger partial charge in [-0.15, -0.1) is 0 Å². The molecule has 3 heteroatoms. The molecule has 0 unspecified atom stereocenters. The van der Waals surface area contributed by atoms with E-state index in [1.165, 1.54) is 0 Å². The van der Waals surface area contributed by atoms with Crippen molar-refractivity contribution in [2.24, 2.45) is 0 Å². The molecule has 2 aromatic rings. The van der Waals surface area contributed by atoms with Gasteiger partial charge in [-0.1, -0.05) is 12.1 Å². The number of rotatable bonds is 1. The van der Waals surface area contributed by atoms with Gasteiger partial charge >= 0.3 is 5.69 Å². The first-order chi connectivity index (χ1) is 6.68. The topological polar surface area (TPSA) is 37.8 Å². The number of nitrogens with one attached hydrogen (secondary N) is 1. The van der Waals surface area contributed by atoms with Gasteiger partial charge in [0.2, 0.25) is 0 Å². The second kappa shape index (κ2) is 3.18. The van der Waals surface area contributed by atoms with E-state index in [1.54, 1.807) is 17.0 Å². The van der Waals surface area contributed by atoms with E-state index in [0.717, 1.165) is 16.8 Å². The molecular weight excluding hydrogens is 176 g/mol. The first-order valence-electron chi connectivity index (χ1n) is 4.52.